The summed E-state index contributed by atoms with van der Waals surface area (Å²) in [4.78, 5) is 11.7. The van der Waals surface area contributed by atoms with Crippen molar-refractivity contribution in [2.24, 2.45) is 0 Å². The van der Waals surface area contributed by atoms with Crippen molar-refractivity contribution >= 4 is 33.3 Å². The molecular weight excluding hydrogens is 302 g/mol. The first-order valence-electron chi connectivity index (χ1n) is 6.04. The molecule has 0 radical (unpaired) electrons. The highest BCUT2D eigenvalue weighted by atomic mass is 35.5. The number of esters is 1. The molecular formula is C13H18ClNO4S. The molecule has 0 aromatic heterocycles. The fourth-order valence-electron chi connectivity index (χ4n) is 1.60. The van der Waals surface area contributed by atoms with E-state index in [1.165, 1.54) is 0 Å². The Hall–Kier alpha value is -1.27. The lowest BCUT2D eigenvalue weighted by atomic mass is 10.2. The van der Waals surface area contributed by atoms with Crippen molar-refractivity contribution < 1.29 is 17.9 Å². The van der Waals surface area contributed by atoms with Gasteiger partial charge >= 0.3 is 5.97 Å². The van der Waals surface area contributed by atoms with Gasteiger partial charge in [0.25, 0.3) is 0 Å². The lowest BCUT2D eigenvalue weighted by molar-refractivity contribution is -0.145. The Bertz CT molecular complexity index is 598. The first-order chi connectivity index (χ1) is 9.11. The molecule has 0 amide bonds. The largest absolute Gasteiger partial charge is 0.462 e. The van der Waals surface area contributed by atoms with E-state index < -0.39 is 16.0 Å². The summed E-state index contributed by atoms with van der Waals surface area (Å²) in [6, 6.07) is 4.77. The number of benzene rings is 1. The average Bonchev–Trinajstić information content (AvgIpc) is 2.27. The van der Waals surface area contributed by atoms with Crippen molar-refractivity contribution in [3.05, 3.63) is 28.8 Å². The third kappa shape index (κ3) is 4.68. The number of ether oxygens (including phenoxy) is 1. The minimum atomic E-state index is -3.59. The molecule has 0 bridgehead atoms. The van der Waals surface area contributed by atoms with Gasteiger partial charge in [0.1, 0.15) is 6.54 Å². The number of anilines is 1. The van der Waals surface area contributed by atoms with Crippen LogP contribution >= 0.6 is 11.6 Å². The molecule has 5 nitrogen and oxygen atoms in total. The number of carbonyl (C=O) groups is 1. The number of hydrogen-bond donors (Lipinski definition) is 0. The van der Waals surface area contributed by atoms with E-state index in [2.05, 4.69) is 0 Å². The van der Waals surface area contributed by atoms with Crippen molar-refractivity contribution in [2.45, 2.75) is 26.9 Å². The maximum absolute atomic E-state index is 11.8. The molecule has 20 heavy (non-hydrogen) atoms. The van der Waals surface area contributed by atoms with E-state index in [0.29, 0.717) is 10.7 Å². The highest BCUT2D eigenvalue weighted by molar-refractivity contribution is 7.92. The van der Waals surface area contributed by atoms with E-state index >= 15 is 0 Å². The molecule has 0 atom stereocenters. The number of aryl methyl sites for hydroxylation is 1. The van der Waals surface area contributed by atoms with Crippen LogP contribution in [0.1, 0.15) is 19.4 Å². The molecule has 0 unspecified atom stereocenters. The topological polar surface area (TPSA) is 63.7 Å². The highest BCUT2D eigenvalue weighted by Crippen LogP contribution is 2.24. The third-order valence-electron chi connectivity index (χ3n) is 2.47. The second-order valence-electron chi connectivity index (χ2n) is 4.74. The molecule has 1 rings (SSSR count). The second-order valence-corrected chi connectivity index (χ2v) is 7.06. The summed E-state index contributed by atoms with van der Waals surface area (Å²) in [5.74, 6) is -0.599. The highest BCUT2D eigenvalue weighted by Gasteiger charge is 2.22. The summed E-state index contributed by atoms with van der Waals surface area (Å²) in [6.45, 7) is 4.81. The lowest BCUT2D eigenvalue weighted by Gasteiger charge is -2.22. The van der Waals surface area contributed by atoms with Gasteiger partial charge in [0, 0.05) is 5.02 Å². The van der Waals surface area contributed by atoms with E-state index in [4.69, 9.17) is 16.3 Å². The smallest absolute Gasteiger partial charge is 0.327 e. The Morgan fingerprint density at radius 1 is 1.40 bits per heavy atom. The molecule has 0 fully saturated rings. The van der Waals surface area contributed by atoms with Crippen LogP contribution in [-0.4, -0.2) is 33.3 Å². The number of rotatable bonds is 5. The maximum Gasteiger partial charge on any atom is 0.327 e. The van der Waals surface area contributed by atoms with Crippen LogP contribution in [0.15, 0.2) is 18.2 Å². The van der Waals surface area contributed by atoms with Gasteiger partial charge in [-0.2, -0.15) is 0 Å². The van der Waals surface area contributed by atoms with Crippen LogP contribution in [0.3, 0.4) is 0 Å². The number of hydrogen-bond acceptors (Lipinski definition) is 4. The summed E-state index contributed by atoms with van der Waals surface area (Å²) in [5.41, 5.74) is 1.12. The van der Waals surface area contributed by atoms with Crippen LogP contribution in [0.5, 0.6) is 0 Å². The maximum atomic E-state index is 11.8. The normalized spacial score (nSPS) is 11.5. The van der Waals surface area contributed by atoms with Gasteiger partial charge in [-0.25, -0.2) is 8.42 Å². The van der Waals surface area contributed by atoms with E-state index in [1.54, 1.807) is 39.0 Å². The minimum Gasteiger partial charge on any atom is -0.462 e. The van der Waals surface area contributed by atoms with Gasteiger partial charge in [0.2, 0.25) is 10.0 Å². The molecule has 112 valence electrons. The van der Waals surface area contributed by atoms with Crippen LogP contribution in [0.4, 0.5) is 5.69 Å². The number of sulfonamides is 1. The molecule has 1 aromatic carbocycles. The molecule has 0 saturated heterocycles. The number of nitrogens with zero attached hydrogens (tertiary/aromatic N) is 1. The molecule has 0 aliphatic carbocycles. The van der Waals surface area contributed by atoms with E-state index in [0.717, 1.165) is 16.1 Å². The van der Waals surface area contributed by atoms with Crippen molar-refractivity contribution in [1.29, 1.82) is 0 Å². The van der Waals surface area contributed by atoms with E-state index in [9.17, 15) is 13.2 Å². The van der Waals surface area contributed by atoms with Gasteiger partial charge < -0.3 is 4.74 Å². The van der Waals surface area contributed by atoms with Crippen molar-refractivity contribution in [3.8, 4) is 0 Å². The van der Waals surface area contributed by atoms with Gasteiger partial charge in [-0.3, -0.25) is 9.10 Å². The zero-order valence-electron chi connectivity index (χ0n) is 11.9. The second kappa shape index (κ2) is 6.45. The third-order valence-corrected chi connectivity index (χ3v) is 4.03. The molecule has 0 N–H and O–H groups in total. The standard InChI is InChI=1S/C13H18ClNO4S/c1-9(2)19-13(16)8-15(20(4,17)18)11-5-6-12(14)10(3)7-11/h5-7,9H,8H2,1-4H3. The van der Waals surface area contributed by atoms with Gasteiger partial charge in [-0.1, -0.05) is 11.6 Å². The molecule has 0 spiro atoms. The molecule has 0 saturated carbocycles. The minimum absolute atomic E-state index is 0.295. The van der Waals surface area contributed by atoms with Crippen LogP contribution in [-0.2, 0) is 19.6 Å². The Kier molecular flexibility index (Phi) is 5.42. The zero-order chi connectivity index (χ0) is 15.5. The summed E-state index contributed by atoms with van der Waals surface area (Å²) >= 11 is 5.91. The van der Waals surface area contributed by atoms with Crippen molar-refractivity contribution in [2.75, 3.05) is 17.1 Å². The Morgan fingerprint density at radius 3 is 2.45 bits per heavy atom. The summed E-state index contributed by atoms with van der Waals surface area (Å²) in [6.07, 6.45) is 0.746. The summed E-state index contributed by atoms with van der Waals surface area (Å²) in [5, 5.41) is 0.534. The fourth-order valence-corrected chi connectivity index (χ4v) is 2.56. The lowest BCUT2D eigenvalue weighted by Crippen LogP contribution is -2.36. The van der Waals surface area contributed by atoms with Gasteiger partial charge in [0.05, 0.1) is 18.0 Å². The van der Waals surface area contributed by atoms with Gasteiger partial charge in [-0.15, -0.1) is 0 Å². The number of carbonyl (C=O) groups excluding carboxylic acids is 1. The molecule has 0 heterocycles. The Morgan fingerprint density at radius 2 is 2.00 bits per heavy atom. The first kappa shape index (κ1) is 16.8. The van der Waals surface area contributed by atoms with Crippen LogP contribution in [0, 0.1) is 6.92 Å². The number of halogens is 1. The zero-order valence-corrected chi connectivity index (χ0v) is 13.5. The van der Waals surface area contributed by atoms with E-state index in [-0.39, 0.29) is 12.6 Å². The molecule has 0 aliphatic rings. The molecule has 0 aliphatic heterocycles. The predicted molar refractivity (Wildman–Crippen MR) is 79.6 cm³/mol. The van der Waals surface area contributed by atoms with E-state index in [1.807, 2.05) is 0 Å². The fraction of sp³-hybridized carbons (Fsp3) is 0.462. The first-order valence-corrected chi connectivity index (χ1v) is 8.27. The van der Waals surface area contributed by atoms with Crippen LogP contribution in [0.2, 0.25) is 5.02 Å². The predicted octanol–water partition coefficient (Wildman–Crippen LogP) is 2.37. The van der Waals surface area contributed by atoms with Crippen LogP contribution < -0.4 is 4.31 Å². The summed E-state index contributed by atoms with van der Waals surface area (Å²) in [7, 11) is -3.59. The molecule has 1 aromatic rings. The quantitative estimate of drug-likeness (QED) is 0.782. The molecule has 7 heteroatoms. The summed E-state index contributed by atoms with van der Waals surface area (Å²) < 4.78 is 29.7. The monoisotopic (exact) mass is 319 g/mol. The van der Waals surface area contributed by atoms with Gasteiger partial charge in [-0.05, 0) is 44.5 Å². The Balaban J connectivity index is 3.08. The van der Waals surface area contributed by atoms with Crippen molar-refractivity contribution in [3.63, 3.8) is 0 Å². The van der Waals surface area contributed by atoms with Crippen molar-refractivity contribution in [1.82, 2.24) is 0 Å². The Labute approximate surface area is 124 Å². The SMILES string of the molecule is Cc1cc(N(CC(=O)OC(C)C)S(C)(=O)=O)ccc1Cl. The van der Waals surface area contributed by atoms with Gasteiger partial charge in [0.15, 0.2) is 0 Å². The average molecular weight is 320 g/mol. The van der Waals surface area contributed by atoms with Crippen LogP contribution in [0.25, 0.3) is 0 Å².